The van der Waals surface area contributed by atoms with Crippen LogP contribution in [0.2, 0.25) is 0 Å². The van der Waals surface area contributed by atoms with E-state index in [0.717, 1.165) is 6.92 Å². The molecule has 1 unspecified atom stereocenters. The first-order valence-corrected chi connectivity index (χ1v) is 7.49. The summed E-state index contributed by atoms with van der Waals surface area (Å²) >= 11 is 3.17. The van der Waals surface area contributed by atoms with Crippen LogP contribution >= 0.6 is 15.9 Å². The third kappa shape index (κ3) is 5.70. The lowest BCUT2D eigenvalue weighted by atomic mass is 9.97. The van der Waals surface area contributed by atoms with E-state index in [1.54, 1.807) is 0 Å². The number of esters is 3. The third-order valence-electron chi connectivity index (χ3n) is 2.84. The Balaban J connectivity index is 3.09. The molecule has 0 spiro atoms. The summed E-state index contributed by atoms with van der Waals surface area (Å²) in [7, 11) is 0. The van der Waals surface area contributed by atoms with Gasteiger partial charge >= 0.3 is 17.9 Å². The Morgan fingerprint density at radius 3 is 2.17 bits per heavy atom. The highest BCUT2D eigenvalue weighted by Crippen LogP contribution is 2.31. The predicted molar refractivity (Wildman–Crippen MR) is 78.3 cm³/mol. The molecule has 0 aromatic rings. The van der Waals surface area contributed by atoms with Crippen molar-refractivity contribution in [2.45, 2.75) is 50.1 Å². The number of nitrogens with zero attached hydrogens (tertiary/aromatic N) is 3. The number of rotatable bonds is 5. The van der Waals surface area contributed by atoms with Gasteiger partial charge in [0, 0.05) is 25.7 Å². The molecule has 10 nitrogen and oxygen atoms in total. The summed E-state index contributed by atoms with van der Waals surface area (Å²) in [6.45, 7) is 3.33. The molecule has 0 radical (unpaired) electrons. The number of halogens is 1. The standard InChI is InChI=1S/C12H16BrN3O7/c1-5(17)20-4-8-10(21-6(2)18)9(15-16-14)11(12(13)23-8)22-7(3)19/h8-12H,4H2,1-3H3/t8-,9+,10+,11-,12?/m1/s1. The number of alkyl halides is 1. The first-order valence-electron chi connectivity index (χ1n) is 6.57. The monoisotopic (exact) mass is 393 g/mol. The molecule has 5 atom stereocenters. The zero-order valence-corrected chi connectivity index (χ0v) is 14.3. The SMILES string of the molecule is CC(=O)OC[C@H]1OC(Br)[C@H](OC(C)=O)[C@@H](N=[N+]=[N-])[C@H]1OC(C)=O. The van der Waals surface area contributed by atoms with Crippen LogP contribution in [0.25, 0.3) is 10.4 Å². The number of carbonyl (C=O) groups excluding carboxylic acids is 3. The highest BCUT2D eigenvalue weighted by molar-refractivity contribution is 9.09. The molecule has 0 N–H and O–H groups in total. The van der Waals surface area contributed by atoms with E-state index < -0.39 is 47.3 Å². The number of hydrogen-bond acceptors (Lipinski definition) is 8. The van der Waals surface area contributed by atoms with E-state index in [1.165, 1.54) is 13.8 Å². The van der Waals surface area contributed by atoms with E-state index in [4.69, 9.17) is 24.5 Å². The number of hydrogen-bond donors (Lipinski definition) is 0. The van der Waals surface area contributed by atoms with Gasteiger partial charge in [-0.3, -0.25) is 14.4 Å². The molecule has 1 fully saturated rings. The summed E-state index contributed by atoms with van der Waals surface area (Å²) in [5.41, 5.74) is 8.75. The fourth-order valence-electron chi connectivity index (χ4n) is 2.06. The van der Waals surface area contributed by atoms with Crippen molar-refractivity contribution in [3.05, 3.63) is 10.4 Å². The maximum absolute atomic E-state index is 11.3. The van der Waals surface area contributed by atoms with E-state index in [1.807, 2.05) is 0 Å². The van der Waals surface area contributed by atoms with Crippen molar-refractivity contribution in [2.24, 2.45) is 5.11 Å². The van der Waals surface area contributed by atoms with Gasteiger partial charge in [0.25, 0.3) is 0 Å². The van der Waals surface area contributed by atoms with Crippen molar-refractivity contribution in [3.8, 4) is 0 Å². The minimum atomic E-state index is -1.08. The zero-order chi connectivity index (χ0) is 17.6. The highest BCUT2D eigenvalue weighted by Gasteiger charge is 2.48. The van der Waals surface area contributed by atoms with Gasteiger partial charge in [0.2, 0.25) is 0 Å². The Labute approximate surface area is 140 Å². The molecule has 1 heterocycles. The summed E-state index contributed by atoms with van der Waals surface area (Å²) in [6, 6.07) is -1.05. The van der Waals surface area contributed by atoms with Gasteiger partial charge in [-0.1, -0.05) is 21.0 Å². The molecular formula is C12H16BrN3O7. The molecule has 1 rings (SSSR count). The second kappa shape index (κ2) is 8.70. The van der Waals surface area contributed by atoms with E-state index in [9.17, 15) is 14.4 Å². The Hall–Kier alpha value is -1.84. The second-order valence-corrected chi connectivity index (χ2v) is 5.57. The molecule has 1 saturated heterocycles. The molecule has 1 aliphatic rings. The van der Waals surface area contributed by atoms with Crippen LogP contribution in [-0.4, -0.2) is 53.9 Å². The average Bonchev–Trinajstić information content (AvgIpc) is 2.43. The van der Waals surface area contributed by atoms with Gasteiger partial charge in [0.05, 0.1) is 0 Å². The Morgan fingerprint density at radius 2 is 1.70 bits per heavy atom. The van der Waals surface area contributed by atoms with Crippen LogP contribution < -0.4 is 0 Å². The Bertz CT molecular complexity index is 523. The molecule has 0 bridgehead atoms. The van der Waals surface area contributed by atoms with Crippen molar-refractivity contribution >= 4 is 33.8 Å². The molecule has 0 aliphatic carbocycles. The van der Waals surface area contributed by atoms with Crippen molar-refractivity contribution in [2.75, 3.05) is 6.61 Å². The van der Waals surface area contributed by atoms with E-state index in [0.29, 0.717) is 0 Å². The normalized spacial score (nSPS) is 29.8. The van der Waals surface area contributed by atoms with Crippen LogP contribution in [-0.2, 0) is 33.3 Å². The second-order valence-electron chi connectivity index (χ2n) is 4.67. The van der Waals surface area contributed by atoms with Gasteiger partial charge in [-0.2, -0.15) is 0 Å². The minimum Gasteiger partial charge on any atom is -0.463 e. The van der Waals surface area contributed by atoms with E-state index >= 15 is 0 Å². The zero-order valence-electron chi connectivity index (χ0n) is 12.7. The van der Waals surface area contributed by atoms with Crippen molar-refractivity contribution in [1.29, 1.82) is 0 Å². The topological polar surface area (TPSA) is 137 Å². The molecule has 0 aromatic heterocycles. The average molecular weight is 394 g/mol. The van der Waals surface area contributed by atoms with Crippen LogP contribution in [0.1, 0.15) is 20.8 Å². The first kappa shape index (κ1) is 19.2. The van der Waals surface area contributed by atoms with Gasteiger partial charge < -0.3 is 18.9 Å². The third-order valence-corrected chi connectivity index (χ3v) is 3.58. The summed E-state index contributed by atoms with van der Waals surface area (Å²) < 4.78 is 20.6. The Kier molecular flexibility index (Phi) is 7.27. The number of ether oxygens (including phenoxy) is 4. The van der Waals surface area contributed by atoms with Crippen LogP contribution in [0.3, 0.4) is 0 Å². The maximum atomic E-state index is 11.3. The summed E-state index contributed by atoms with van der Waals surface area (Å²) in [5, 5.41) is 2.72. The molecule has 11 heteroatoms. The lowest BCUT2D eigenvalue weighted by Crippen LogP contribution is -2.58. The molecule has 0 saturated carbocycles. The quantitative estimate of drug-likeness (QED) is 0.171. The van der Waals surface area contributed by atoms with Crippen molar-refractivity contribution in [1.82, 2.24) is 0 Å². The van der Waals surface area contributed by atoms with Gasteiger partial charge in [-0.05, 0) is 5.53 Å². The first-order chi connectivity index (χ1) is 10.8. The van der Waals surface area contributed by atoms with E-state index in [2.05, 4.69) is 26.0 Å². The van der Waals surface area contributed by atoms with Crippen LogP contribution in [0.15, 0.2) is 5.11 Å². The maximum Gasteiger partial charge on any atom is 0.303 e. The van der Waals surface area contributed by atoms with Gasteiger partial charge in [-0.15, -0.1) is 0 Å². The minimum absolute atomic E-state index is 0.223. The number of azide groups is 1. The molecule has 0 aromatic carbocycles. The summed E-state index contributed by atoms with van der Waals surface area (Å²) in [6.07, 6.45) is -2.99. The lowest BCUT2D eigenvalue weighted by Gasteiger charge is -2.41. The van der Waals surface area contributed by atoms with Crippen molar-refractivity contribution < 1.29 is 33.3 Å². The largest absolute Gasteiger partial charge is 0.463 e. The van der Waals surface area contributed by atoms with Crippen molar-refractivity contribution in [3.63, 3.8) is 0 Å². The predicted octanol–water partition coefficient (Wildman–Crippen LogP) is 1.21. The van der Waals surface area contributed by atoms with Gasteiger partial charge in [0.1, 0.15) is 31.0 Å². The molecule has 1 aliphatic heterocycles. The molecule has 23 heavy (non-hydrogen) atoms. The lowest BCUT2D eigenvalue weighted by molar-refractivity contribution is -0.199. The van der Waals surface area contributed by atoms with Gasteiger partial charge in [0.15, 0.2) is 5.01 Å². The fourth-order valence-corrected chi connectivity index (χ4v) is 2.76. The Morgan fingerprint density at radius 1 is 1.13 bits per heavy atom. The summed E-state index contributed by atoms with van der Waals surface area (Å²) in [5.74, 6) is -1.83. The molecule has 0 amide bonds. The smallest absolute Gasteiger partial charge is 0.303 e. The van der Waals surface area contributed by atoms with Crippen LogP contribution in [0.4, 0.5) is 0 Å². The molecule has 128 valence electrons. The number of carbonyl (C=O) groups is 3. The summed E-state index contributed by atoms with van der Waals surface area (Å²) in [4.78, 5) is 36.2. The molecular weight excluding hydrogens is 378 g/mol. The fraction of sp³-hybridized carbons (Fsp3) is 0.750. The van der Waals surface area contributed by atoms with E-state index in [-0.39, 0.29) is 6.61 Å². The highest BCUT2D eigenvalue weighted by atomic mass is 79.9. The van der Waals surface area contributed by atoms with Crippen LogP contribution in [0, 0.1) is 0 Å². The van der Waals surface area contributed by atoms with Crippen LogP contribution in [0.5, 0.6) is 0 Å². The van der Waals surface area contributed by atoms with Gasteiger partial charge in [-0.25, -0.2) is 0 Å².